The van der Waals surface area contributed by atoms with Crippen LogP contribution in [0.3, 0.4) is 0 Å². The lowest BCUT2D eigenvalue weighted by Gasteiger charge is -2.13. The van der Waals surface area contributed by atoms with Crippen molar-refractivity contribution in [2.45, 2.75) is 0 Å². The van der Waals surface area contributed by atoms with Crippen LogP contribution in [0.15, 0.2) is 324 Å². The van der Waals surface area contributed by atoms with Crippen LogP contribution in [0.4, 0.5) is 0 Å². The molecule has 0 bridgehead atoms. The third-order valence-electron chi connectivity index (χ3n) is 17.7. The van der Waals surface area contributed by atoms with Crippen molar-refractivity contribution in [2.75, 3.05) is 0 Å². The minimum Gasteiger partial charge on any atom is -0.455 e. The van der Waals surface area contributed by atoms with Crippen LogP contribution in [0.2, 0.25) is 0 Å². The zero-order valence-corrected chi connectivity index (χ0v) is 47.3. The maximum atomic E-state index is 7.10. The minimum atomic E-state index is 0.845. The Morgan fingerprint density at radius 1 is 0.172 bits per heavy atom. The summed E-state index contributed by atoms with van der Waals surface area (Å²) in [7, 11) is 0. The van der Waals surface area contributed by atoms with Crippen LogP contribution >= 0.6 is 0 Å². The maximum absolute atomic E-state index is 7.10. The number of hydrogen-bond acceptors (Lipinski definition) is 2. The second kappa shape index (κ2) is 20.7. The average molecular weight is 1110 g/mol. The van der Waals surface area contributed by atoms with Gasteiger partial charge in [0.05, 0.1) is 0 Å². The van der Waals surface area contributed by atoms with Crippen molar-refractivity contribution >= 4 is 65.7 Å². The number of furan rings is 2. The first kappa shape index (κ1) is 50.0. The van der Waals surface area contributed by atoms with E-state index in [2.05, 4.69) is 320 Å². The van der Waals surface area contributed by atoms with Gasteiger partial charge in [-0.1, -0.05) is 243 Å². The zero-order valence-electron chi connectivity index (χ0n) is 47.3. The minimum absolute atomic E-state index is 0.845. The summed E-state index contributed by atoms with van der Waals surface area (Å²) >= 11 is 0. The van der Waals surface area contributed by atoms with E-state index in [0.717, 1.165) is 121 Å². The smallest absolute Gasteiger partial charge is 0.143 e. The van der Waals surface area contributed by atoms with Crippen molar-refractivity contribution in [1.82, 2.24) is 4.98 Å². The molecule has 0 spiro atoms. The first-order valence-electron chi connectivity index (χ1n) is 29.8. The third-order valence-corrected chi connectivity index (χ3v) is 17.7. The molecule has 406 valence electrons. The Kier molecular flexibility index (Phi) is 11.9. The van der Waals surface area contributed by atoms with E-state index in [4.69, 9.17) is 8.83 Å². The molecule has 87 heavy (non-hydrogen) atoms. The highest BCUT2D eigenvalue weighted by Gasteiger charge is 2.22. The molecule has 0 aliphatic rings. The summed E-state index contributed by atoms with van der Waals surface area (Å²) in [4.78, 5) is 3.81. The Morgan fingerprint density at radius 2 is 0.425 bits per heavy atom. The Labute approximate surface area is 503 Å². The third kappa shape index (κ3) is 8.67. The zero-order chi connectivity index (χ0) is 57.4. The molecule has 17 rings (SSSR count). The summed E-state index contributed by atoms with van der Waals surface area (Å²) in [5.74, 6) is 0. The molecule has 0 saturated heterocycles. The van der Waals surface area contributed by atoms with Gasteiger partial charge in [0, 0.05) is 54.5 Å². The molecule has 0 fully saturated rings. The predicted octanol–water partition coefficient (Wildman–Crippen LogP) is 23.8. The molecule has 0 aliphatic heterocycles. The van der Waals surface area contributed by atoms with Crippen molar-refractivity contribution < 1.29 is 8.83 Å². The second-order valence-corrected chi connectivity index (χ2v) is 22.7. The molecular weight excluding hydrogens is 1050 g/mol. The number of H-pyrrole nitrogens is 1. The molecule has 3 nitrogen and oxygen atoms in total. The van der Waals surface area contributed by atoms with Crippen molar-refractivity contribution in [1.29, 1.82) is 0 Å². The fourth-order valence-electron chi connectivity index (χ4n) is 13.5. The number of aromatic nitrogens is 1. The molecule has 3 heterocycles. The van der Waals surface area contributed by atoms with Gasteiger partial charge in [-0.25, -0.2) is 0 Å². The quantitative estimate of drug-likeness (QED) is 0.148. The lowest BCUT2D eigenvalue weighted by Crippen LogP contribution is -1.88. The summed E-state index contributed by atoms with van der Waals surface area (Å²) in [6.45, 7) is 0. The van der Waals surface area contributed by atoms with Crippen LogP contribution in [0.5, 0.6) is 0 Å². The molecule has 0 saturated carbocycles. The van der Waals surface area contributed by atoms with Gasteiger partial charge in [0.1, 0.15) is 22.3 Å². The van der Waals surface area contributed by atoms with Crippen LogP contribution in [-0.2, 0) is 0 Å². The Morgan fingerprint density at radius 3 is 0.759 bits per heavy atom. The van der Waals surface area contributed by atoms with Crippen LogP contribution < -0.4 is 0 Å². The number of nitrogens with one attached hydrogen (secondary N) is 1. The fraction of sp³-hybridized carbons (Fsp3) is 0. The predicted molar refractivity (Wildman–Crippen MR) is 365 cm³/mol. The van der Waals surface area contributed by atoms with E-state index in [1.54, 1.807) is 0 Å². The largest absolute Gasteiger partial charge is 0.455 e. The van der Waals surface area contributed by atoms with Gasteiger partial charge in [0.2, 0.25) is 0 Å². The van der Waals surface area contributed by atoms with Crippen molar-refractivity contribution in [2.24, 2.45) is 0 Å². The van der Waals surface area contributed by atoms with Gasteiger partial charge in [0.25, 0.3) is 0 Å². The normalized spacial score (nSPS) is 11.7. The van der Waals surface area contributed by atoms with Crippen LogP contribution in [0.1, 0.15) is 0 Å². The summed E-state index contributed by atoms with van der Waals surface area (Å²) < 4.78 is 14.2. The summed E-state index contributed by atoms with van der Waals surface area (Å²) in [6.07, 6.45) is 0. The molecule has 0 radical (unpaired) electrons. The number of hydrogen-bond donors (Lipinski definition) is 1. The topological polar surface area (TPSA) is 42.1 Å². The van der Waals surface area contributed by atoms with Crippen LogP contribution in [0, 0.1) is 0 Å². The number of fused-ring (bicyclic) bond motifs is 9. The highest BCUT2D eigenvalue weighted by Crippen LogP contribution is 2.47. The van der Waals surface area contributed by atoms with E-state index in [-0.39, 0.29) is 0 Å². The standard InChI is InChI=1S/C84H53NO2/c1-5-21-53(22-6-1)63-29-13-17-33-67(63)57-39-43-81-75(47-57)77-51-61(69-35-19-15-31-65(69)55-25-9-3-10-26-55)49-71(83(77)86-81)59-37-41-79-73(45-59)74-46-60(38-42-80(74)85-79)72-50-62(70-36-20-16-32-66(70)56-27-11-4-12-28-56)52-78-76-48-58(40-44-82(76)87-84(72)78)68-34-18-14-30-64(68)54-23-7-2-8-24-54/h1-52,85H. The number of aromatic amines is 1. The van der Waals surface area contributed by atoms with E-state index in [1.165, 1.54) is 55.6 Å². The molecule has 1 N–H and O–H groups in total. The van der Waals surface area contributed by atoms with E-state index >= 15 is 0 Å². The van der Waals surface area contributed by atoms with Crippen LogP contribution in [-0.4, -0.2) is 4.98 Å². The molecule has 0 aliphatic carbocycles. The van der Waals surface area contributed by atoms with Crippen molar-refractivity contribution in [3.05, 3.63) is 315 Å². The fourth-order valence-corrected chi connectivity index (χ4v) is 13.5. The van der Waals surface area contributed by atoms with Gasteiger partial charge < -0.3 is 13.8 Å². The Bertz CT molecular complexity index is 5150. The van der Waals surface area contributed by atoms with E-state index < -0.39 is 0 Å². The SMILES string of the molecule is c1ccc(-c2ccccc2-c2ccc3oc4c(-c5ccc6[nH]c7ccc(-c8cc(-c9ccccc9-c9ccccc9)cc9c8oc8ccc(-c%10ccccc%10-c%10ccccc%10)cc89)cc7c6c5)cc(-c5ccccc5-c5ccccc5)cc4c3c2)cc1. The molecular formula is C84H53NO2. The molecule has 0 unspecified atom stereocenters. The van der Waals surface area contributed by atoms with Crippen LogP contribution in [0.25, 0.3) is 177 Å². The molecule has 3 heteroatoms. The highest BCUT2D eigenvalue weighted by atomic mass is 16.3. The summed E-state index contributed by atoms with van der Waals surface area (Å²) in [5.41, 5.74) is 28.3. The van der Waals surface area contributed by atoms with Gasteiger partial charge in [-0.05, 0) is 173 Å². The first-order chi connectivity index (χ1) is 43.1. The van der Waals surface area contributed by atoms with Gasteiger partial charge in [0.15, 0.2) is 0 Å². The van der Waals surface area contributed by atoms with E-state index in [0.29, 0.717) is 0 Å². The lowest BCUT2D eigenvalue weighted by atomic mass is 9.90. The molecule has 0 amide bonds. The number of benzene rings is 14. The first-order valence-corrected chi connectivity index (χ1v) is 29.8. The van der Waals surface area contributed by atoms with Gasteiger partial charge in [-0.3, -0.25) is 0 Å². The van der Waals surface area contributed by atoms with Gasteiger partial charge in [-0.15, -0.1) is 0 Å². The van der Waals surface area contributed by atoms with Crippen molar-refractivity contribution in [3.63, 3.8) is 0 Å². The van der Waals surface area contributed by atoms with Gasteiger partial charge >= 0.3 is 0 Å². The van der Waals surface area contributed by atoms with Crippen molar-refractivity contribution in [3.8, 4) is 111 Å². The summed E-state index contributed by atoms with van der Waals surface area (Å²) in [5, 5.41) is 6.52. The van der Waals surface area contributed by atoms with Gasteiger partial charge in [-0.2, -0.15) is 0 Å². The van der Waals surface area contributed by atoms with E-state index in [1.807, 2.05) is 0 Å². The monoisotopic (exact) mass is 1110 g/mol. The molecule has 17 aromatic rings. The molecule has 14 aromatic carbocycles. The van der Waals surface area contributed by atoms with E-state index in [9.17, 15) is 0 Å². The molecule has 0 atom stereocenters. The maximum Gasteiger partial charge on any atom is 0.143 e. The lowest BCUT2D eigenvalue weighted by molar-refractivity contribution is 0.669. The number of rotatable bonds is 10. The average Bonchev–Trinajstić information content (AvgIpc) is 2.07. The molecule has 3 aromatic heterocycles. The Hall–Kier alpha value is -11.5. The highest BCUT2D eigenvalue weighted by molar-refractivity contribution is 6.17. The second-order valence-electron chi connectivity index (χ2n) is 22.7. The Balaban J connectivity index is 0.859. The summed E-state index contributed by atoms with van der Waals surface area (Å²) in [6, 6.07) is 114.